The Morgan fingerprint density at radius 2 is 1.59 bits per heavy atom. The molecule has 37 heavy (non-hydrogen) atoms. The number of nitrogens with one attached hydrogen (secondary N) is 2. The number of primary amides is 1. The SMILES string of the molecule is CCCC(C)NC(=O)C(c1ccc(CC)cc1)N(CCC)C(=O)C(CCC(N)=O)NC(=O)OC(C)(C)C. The fraction of sp³-hybridized carbons (Fsp3) is 0.643. The number of carbonyl (C=O) groups excluding carboxylic acids is 4. The summed E-state index contributed by atoms with van der Waals surface area (Å²) in [6, 6.07) is 5.55. The predicted molar refractivity (Wildman–Crippen MR) is 145 cm³/mol. The third-order valence-electron chi connectivity index (χ3n) is 5.79. The second-order valence-corrected chi connectivity index (χ2v) is 10.4. The first-order valence-electron chi connectivity index (χ1n) is 13.3. The second-order valence-electron chi connectivity index (χ2n) is 10.4. The highest BCUT2D eigenvalue weighted by Gasteiger charge is 2.36. The molecule has 0 radical (unpaired) electrons. The van der Waals surface area contributed by atoms with Gasteiger partial charge >= 0.3 is 6.09 Å². The Labute approximate surface area is 221 Å². The molecule has 0 bridgehead atoms. The number of amides is 4. The molecular formula is C28H46N4O5. The molecule has 0 saturated carbocycles. The van der Waals surface area contributed by atoms with Gasteiger partial charge < -0.3 is 26.0 Å². The van der Waals surface area contributed by atoms with Crippen LogP contribution in [0.4, 0.5) is 4.79 Å². The van der Waals surface area contributed by atoms with Crippen molar-refractivity contribution in [1.82, 2.24) is 15.5 Å². The molecule has 0 fully saturated rings. The minimum absolute atomic E-state index is 0.0109. The lowest BCUT2D eigenvalue weighted by molar-refractivity contribution is -0.143. The van der Waals surface area contributed by atoms with Crippen molar-refractivity contribution in [2.45, 2.75) is 111 Å². The minimum Gasteiger partial charge on any atom is -0.444 e. The van der Waals surface area contributed by atoms with Gasteiger partial charge in [0, 0.05) is 19.0 Å². The van der Waals surface area contributed by atoms with Crippen molar-refractivity contribution in [3.63, 3.8) is 0 Å². The van der Waals surface area contributed by atoms with E-state index in [0.29, 0.717) is 12.0 Å². The van der Waals surface area contributed by atoms with Crippen molar-refractivity contribution in [2.75, 3.05) is 6.54 Å². The molecule has 1 aromatic carbocycles. The molecule has 0 aliphatic heterocycles. The van der Waals surface area contributed by atoms with Gasteiger partial charge in [-0.3, -0.25) is 14.4 Å². The zero-order valence-electron chi connectivity index (χ0n) is 23.6. The van der Waals surface area contributed by atoms with Crippen molar-refractivity contribution < 1.29 is 23.9 Å². The normalized spacial score (nSPS) is 13.7. The highest BCUT2D eigenvalue weighted by Crippen LogP contribution is 2.25. The monoisotopic (exact) mass is 518 g/mol. The van der Waals surface area contributed by atoms with Crippen LogP contribution in [0.2, 0.25) is 0 Å². The van der Waals surface area contributed by atoms with E-state index in [1.165, 1.54) is 4.90 Å². The van der Waals surface area contributed by atoms with Gasteiger partial charge in [-0.05, 0) is 64.5 Å². The number of carbonyl (C=O) groups is 4. The highest BCUT2D eigenvalue weighted by molar-refractivity contribution is 5.92. The lowest BCUT2D eigenvalue weighted by Gasteiger charge is -2.35. The zero-order valence-corrected chi connectivity index (χ0v) is 23.6. The molecule has 0 aliphatic rings. The molecule has 9 heteroatoms. The Hall–Kier alpha value is -3.10. The molecule has 0 aromatic heterocycles. The number of hydrogen-bond donors (Lipinski definition) is 3. The van der Waals surface area contributed by atoms with E-state index >= 15 is 0 Å². The zero-order chi connectivity index (χ0) is 28.2. The number of nitrogens with two attached hydrogens (primary N) is 1. The average molecular weight is 519 g/mol. The van der Waals surface area contributed by atoms with Gasteiger partial charge in [0.15, 0.2) is 0 Å². The molecule has 4 amide bonds. The molecule has 208 valence electrons. The van der Waals surface area contributed by atoms with Crippen molar-refractivity contribution in [3.8, 4) is 0 Å². The molecule has 1 rings (SSSR count). The standard InChI is InChI=1S/C28H46N4O5/c1-8-11-19(4)30-25(34)24(21-14-12-20(10-3)13-15-21)32(18-9-2)26(35)22(16-17-23(29)33)31-27(36)37-28(5,6)7/h12-15,19,22,24H,8-11,16-18H2,1-7H3,(H2,29,33)(H,30,34)(H,31,36). The highest BCUT2D eigenvalue weighted by atomic mass is 16.6. The predicted octanol–water partition coefficient (Wildman–Crippen LogP) is 3.99. The summed E-state index contributed by atoms with van der Waals surface area (Å²) < 4.78 is 5.35. The first kappa shape index (κ1) is 31.9. The summed E-state index contributed by atoms with van der Waals surface area (Å²) in [6.45, 7) is 13.4. The van der Waals surface area contributed by atoms with E-state index in [4.69, 9.17) is 10.5 Å². The van der Waals surface area contributed by atoms with E-state index in [1.54, 1.807) is 20.8 Å². The van der Waals surface area contributed by atoms with Crippen LogP contribution in [0.15, 0.2) is 24.3 Å². The Bertz CT molecular complexity index is 895. The molecule has 1 aromatic rings. The van der Waals surface area contributed by atoms with Crippen LogP contribution in [-0.4, -0.2) is 52.9 Å². The third-order valence-corrected chi connectivity index (χ3v) is 5.79. The van der Waals surface area contributed by atoms with Crippen LogP contribution < -0.4 is 16.4 Å². The quantitative estimate of drug-likeness (QED) is 0.343. The molecule has 0 spiro atoms. The number of alkyl carbamates (subject to hydrolysis) is 1. The van der Waals surface area contributed by atoms with E-state index in [1.807, 2.05) is 52.0 Å². The largest absolute Gasteiger partial charge is 0.444 e. The first-order valence-corrected chi connectivity index (χ1v) is 13.3. The molecule has 0 saturated heterocycles. The third kappa shape index (κ3) is 11.2. The Kier molecular flexibility index (Phi) is 13.1. The maximum Gasteiger partial charge on any atom is 0.408 e. The summed E-state index contributed by atoms with van der Waals surface area (Å²) in [5.74, 6) is -1.36. The summed E-state index contributed by atoms with van der Waals surface area (Å²) in [4.78, 5) is 53.1. The molecular weight excluding hydrogens is 472 g/mol. The first-order chi connectivity index (χ1) is 17.3. The number of nitrogens with zero attached hydrogens (tertiary/aromatic N) is 1. The molecule has 4 N–H and O–H groups in total. The molecule has 0 heterocycles. The summed E-state index contributed by atoms with van der Waals surface area (Å²) in [5.41, 5.74) is 6.36. The van der Waals surface area contributed by atoms with Crippen molar-refractivity contribution >= 4 is 23.8 Å². The molecule has 0 aliphatic carbocycles. The lowest BCUT2D eigenvalue weighted by atomic mass is 9.99. The topological polar surface area (TPSA) is 131 Å². The summed E-state index contributed by atoms with van der Waals surface area (Å²) in [6.07, 6.45) is 2.24. The van der Waals surface area contributed by atoms with Crippen LogP contribution in [0.5, 0.6) is 0 Å². The van der Waals surface area contributed by atoms with Crippen LogP contribution in [0.3, 0.4) is 0 Å². The fourth-order valence-electron chi connectivity index (χ4n) is 4.04. The van der Waals surface area contributed by atoms with E-state index in [9.17, 15) is 19.2 Å². The van der Waals surface area contributed by atoms with Crippen LogP contribution in [0.1, 0.15) is 97.7 Å². The molecule has 3 unspecified atom stereocenters. The maximum absolute atomic E-state index is 13.9. The van der Waals surface area contributed by atoms with Gasteiger partial charge in [-0.25, -0.2) is 4.79 Å². The van der Waals surface area contributed by atoms with E-state index in [2.05, 4.69) is 10.6 Å². The van der Waals surface area contributed by atoms with E-state index < -0.39 is 35.6 Å². The van der Waals surface area contributed by atoms with Crippen LogP contribution in [-0.2, 0) is 25.5 Å². The Morgan fingerprint density at radius 3 is 2.08 bits per heavy atom. The van der Waals surface area contributed by atoms with Crippen LogP contribution in [0, 0.1) is 0 Å². The van der Waals surface area contributed by atoms with Crippen molar-refractivity contribution in [3.05, 3.63) is 35.4 Å². The lowest BCUT2D eigenvalue weighted by Crippen LogP contribution is -2.54. The van der Waals surface area contributed by atoms with Gasteiger partial charge in [0.25, 0.3) is 0 Å². The summed E-state index contributed by atoms with van der Waals surface area (Å²) in [7, 11) is 0. The minimum atomic E-state index is -1.09. The van der Waals surface area contributed by atoms with Gasteiger partial charge in [-0.2, -0.15) is 0 Å². The average Bonchev–Trinajstić information content (AvgIpc) is 2.80. The smallest absolute Gasteiger partial charge is 0.408 e. The van der Waals surface area contributed by atoms with Gasteiger partial charge in [0.1, 0.15) is 17.7 Å². The number of benzene rings is 1. The van der Waals surface area contributed by atoms with Crippen LogP contribution in [0.25, 0.3) is 0 Å². The number of rotatable bonds is 14. The summed E-state index contributed by atoms with van der Waals surface area (Å²) >= 11 is 0. The van der Waals surface area contributed by atoms with E-state index in [-0.39, 0.29) is 31.3 Å². The molecule has 3 atom stereocenters. The fourth-order valence-corrected chi connectivity index (χ4v) is 4.04. The van der Waals surface area contributed by atoms with Crippen LogP contribution >= 0.6 is 0 Å². The molecule has 9 nitrogen and oxygen atoms in total. The second kappa shape index (κ2) is 15.2. The number of aryl methyl sites for hydroxylation is 1. The van der Waals surface area contributed by atoms with Gasteiger partial charge in [0.2, 0.25) is 17.7 Å². The Balaban J connectivity index is 3.45. The van der Waals surface area contributed by atoms with E-state index in [0.717, 1.165) is 24.8 Å². The number of hydrogen-bond acceptors (Lipinski definition) is 5. The van der Waals surface area contributed by atoms with Crippen molar-refractivity contribution in [1.29, 1.82) is 0 Å². The van der Waals surface area contributed by atoms with Gasteiger partial charge in [-0.1, -0.05) is 51.5 Å². The van der Waals surface area contributed by atoms with Crippen molar-refractivity contribution in [2.24, 2.45) is 5.73 Å². The van der Waals surface area contributed by atoms with Gasteiger partial charge in [0.05, 0.1) is 0 Å². The number of ether oxygens (including phenoxy) is 1. The Morgan fingerprint density at radius 1 is 0.973 bits per heavy atom. The summed E-state index contributed by atoms with van der Waals surface area (Å²) in [5, 5.41) is 5.64. The van der Waals surface area contributed by atoms with Gasteiger partial charge in [-0.15, -0.1) is 0 Å². The maximum atomic E-state index is 13.9.